The number of aromatic nitrogens is 1. The number of ether oxygens (including phenoxy) is 1. The maximum absolute atomic E-state index is 14.6. The summed E-state index contributed by atoms with van der Waals surface area (Å²) in [5, 5.41) is 10.9. The van der Waals surface area contributed by atoms with Gasteiger partial charge in [-0.2, -0.15) is 5.10 Å². The molecule has 1 N–H and O–H groups in total. The van der Waals surface area contributed by atoms with Gasteiger partial charge in [0.1, 0.15) is 18.3 Å². The fourth-order valence-corrected chi connectivity index (χ4v) is 3.50. The zero-order chi connectivity index (χ0) is 19.5. The van der Waals surface area contributed by atoms with Gasteiger partial charge in [-0.15, -0.1) is 11.3 Å². The third-order valence-corrected chi connectivity index (χ3v) is 5.10. The molecule has 2 aromatic rings. The molecule has 1 atom stereocenters. The predicted octanol–water partition coefficient (Wildman–Crippen LogP) is 1.94. The van der Waals surface area contributed by atoms with Gasteiger partial charge in [0, 0.05) is 18.1 Å². The minimum atomic E-state index is -0.515. The first-order chi connectivity index (χ1) is 13.6. The molecule has 0 radical (unpaired) electrons. The van der Waals surface area contributed by atoms with Crippen LogP contribution >= 0.6 is 11.3 Å². The second kappa shape index (κ2) is 7.80. The fraction of sp³-hybridized carbons (Fsp3) is 0.294. The van der Waals surface area contributed by atoms with E-state index in [0.29, 0.717) is 44.0 Å². The molecule has 2 aliphatic rings. The molecule has 28 heavy (non-hydrogen) atoms. The molecule has 11 heteroatoms. The quantitative estimate of drug-likeness (QED) is 0.740. The van der Waals surface area contributed by atoms with Crippen LogP contribution in [0.25, 0.3) is 0 Å². The van der Waals surface area contributed by atoms with E-state index in [1.54, 1.807) is 23.2 Å². The van der Waals surface area contributed by atoms with Gasteiger partial charge in [0.25, 0.3) is 0 Å². The number of carbonyl (C=O) groups excluding carboxylic acids is 2. The van der Waals surface area contributed by atoms with Crippen molar-refractivity contribution in [2.24, 2.45) is 5.10 Å². The van der Waals surface area contributed by atoms with Gasteiger partial charge >= 0.3 is 6.09 Å². The highest BCUT2D eigenvalue weighted by molar-refractivity contribution is 7.13. The molecule has 2 aliphatic heterocycles. The first-order valence-corrected chi connectivity index (χ1v) is 9.46. The molecule has 3 heterocycles. The van der Waals surface area contributed by atoms with Crippen LogP contribution in [0.2, 0.25) is 0 Å². The van der Waals surface area contributed by atoms with Crippen LogP contribution in [0.5, 0.6) is 0 Å². The van der Waals surface area contributed by atoms with Crippen LogP contribution in [0, 0.1) is 5.82 Å². The Balaban J connectivity index is 1.42. The summed E-state index contributed by atoms with van der Waals surface area (Å²) in [5.74, 6) is -0.485. The van der Waals surface area contributed by atoms with Crippen LogP contribution in [0.3, 0.4) is 0 Å². The van der Waals surface area contributed by atoms with Crippen molar-refractivity contribution in [1.82, 2.24) is 9.99 Å². The molecule has 0 aliphatic carbocycles. The Morgan fingerprint density at radius 1 is 1.39 bits per heavy atom. The molecule has 0 bridgehead atoms. The summed E-state index contributed by atoms with van der Waals surface area (Å²) in [4.78, 5) is 30.0. The Hall–Kier alpha value is -3.21. The fourth-order valence-electron chi connectivity index (χ4n) is 2.96. The average molecular weight is 404 g/mol. The van der Waals surface area contributed by atoms with Crippen LogP contribution in [0.4, 0.5) is 25.7 Å². The van der Waals surface area contributed by atoms with Gasteiger partial charge in [0.15, 0.2) is 5.13 Å². The van der Waals surface area contributed by atoms with Crippen LogP contribution < -0.4 is 15.1 Å². The molecular formula is C17H17FN6O3S. The summed E-state index contributed by atoms with van der Waals surface area (Å²) in [6, 6.07) is 4.55. The van der Waals surface area contributed by atoms with Gasteiger partial charge in [0.05, 0.1) is 31.0 Å². The SMILES string of the molecule is O=CN1CCN(c2ccc(N3C[C@H](CNc4nccs4)OC3=O)cc2F)C=N1. The maximum atomic E-state index is 14.6. The summed E-state index contributed by atoms with van der Waals surface area (Å²) in [7, 11) is 0. The number of hydrogen-bond donors (Lipinski definition) is 1. The van der Waals surface area contributed by atoms with E-state index in [1.165, 1.54) is 33.7 Å². The lowest BCUT2D eigenvalue weighted by Crippen LogP contribution is -2.37. The van der Waals surface area contributed by atoms with Gasteiger partial charge in [-0.05, 0) is 18.2 Å². The largest absolute Gasteiger partial charge is 0.442 e. The van der Waals surface area contributed by atoms with Crippen molar-refractivity contribution in [2.75, 3.05) is 41.3 Å². The monoisotopic (exact) mass is 404 g/mol. The summed E-state index contributed by atoms with van der Waals surface area (Å²) in [5.41, 5.74) is 0.749. The number of cyclic esters (lactones) is 1. The number of nitrogens with zero attached hydrogens (tertiary/aromatic N) is 5. The van der Waals surface area contributed by atoms with E-state index in [9.17, 15) is 14.0 Å². The first-order valence-electron chi connectivity index (χ1n) is 8.58. The number of thiazole rings is 1. The van der Waals surface area contributed by atoms with Crippen molar-refractivity contribution in [1.29, 1.82) is 0 Å². The number of anilines is 3. The highest BCUT2D eigenvalue weighted by atomic mass is 32.1. The summed E-state index contributed by atoms with van der Waals surface area (Å²) < 4.78 is 20.0. The number of hydrazone groups is 1. The topological polar surface area (TPSA) is 90.4 Å². The second-order valence-electron chi connectivity index (χ2n) is 6.16. The molecule has 1 fully saturated rings. The van der Waals surface area contributed by atoms with Crippen molar-refractivity contribution in [3.63, 3.8) is 0 Å². The Labute approximate surface area is 164 Å². The molecule has 2 amide bonds. The molecule has 1 saturated heterocycles. The normalized spacial score (nSPS) is 19.1. The van der Waals surface area contributed by atoms with E-state index >= 15 is 0 Å². The smallest absolute Gasteiger partial charge is 0.414 e. The number of nitrogens with one attached hydrogen (secondary N) is 1. The average Bonchev–Trinajstić information content (AvgIpc) is 3.36. The molecule has 0 saturated carbocycles. The van der Waals surface area contributed by atoms with Gasteiger partial charge in [-0.1, -0.05) is 0 Å². The molecular weight excluding hydrogens is 387 g/mol. The zero-order valence-corrected chi connectivity index (χ0v) is 15.5. The van der Waals surface area contributed by atoms with Gasteiger partial charge in [0.2, 0.25) is 6.41 Å². The standard InChI is InChI=1S/C17H17FN6O3S/c18-14-7-12(1-2-15(14)22-4-5-23(11-25)21-10-22)24-9-13(27-17(24)26)8-20-16-19-3-6-28-16/h1-3,6-7,10-11,13H,4-5,8-9H2,(H,19,20)/t13-/m0/s1. The number of carbonyl (C=O) groups is 2. The number of amides is 2. The zero-order valence-electron chi connectivity index (χ0n) is 14.7. The second-order valence-corrected chi connectivity index (χ2v) is 7.06. The van der Waals surface area contributed by atoms with Gasteiger partial charge in [-0.25, -0.2) is 19.2 Å². The predicted molar refractivity (Wildman–Crippen MR) is 103 cm³/mol. The van der Waals surface area contributed by atoms with Crippen LogP contribution in [-0.4, -0.2) is 61.1 Å². The third kappa shape index (κ3) is 3.74. The molecule has 9 nitrogen and oxygen atoms in total. The highest BCUT2D eigenvalue weighted by Gasteiger charge is 2.33. The number of rotatable bonds is 6. The number of hydrogen-bond acceptors (Lipinski definition) is 8. The van der Waals surface area contributed by atoms with Crippen LogP contribution in [-0.2, 0) is 9.53 Å². The van der Waals surface area contributed by atoms with E-state index in [0.717, 1.165) is 5.13 Å². The third-order valence-electron chi connectivity index (χ3n) is 4.37. The van der Waals surface area contributed by atoms with E-state index < -0.39 is 11.9 Å². The van der Waals surface area contributed by atoms with Crippen molar-refractivity contribution in [2.45, 2.75) is 6.10 Å². The van der Waals surface area contributed by atoms with E-state index in [4.69, 9.17) is 4.74 Å². The van der Waals surface area contributed by atoms with Crippen molar-refractivity contribution in [3.8, 4) is 0 Å². The highest BCUT2D eigenvalue weighted by Crippen LogP contribution is 2.28. The number of benzene rings is 1. The summed E-state index contributed by atoms with van der Waals surface area (Å²) >= 11 is 1.46. The molecule has 1 aromatic carbocycles. The molecule has 0 unspecified atom stereocenters. The summed E-state index contributed by atoms with van der Waals surface area (Å²) in [6.45, 7) is 1.53. The molecule has 0 spiro atoms. The van der Waals surface area contributed by atoms with E-state index in [2.05, 4.69) is 15.4 Å². The summed E-state index contributed by atoms with van der Waals surface area (Å²) in [6.07, 6.45) is 2.84. The Morgan fingerprint density at radius 3 is 2.96 bits per heavy atom. The Morgan fingerprint density at radius 2 is 2.29 bits per heavy atom. The van der Waals surface area contributed by atoms with Gasteiger partial charge in [-0.3, -0.25) is 9.69 Å². The van der Waals surface area contributed by atoms with Gasteiger partial charge < -0.3 is 15.0 Å². The first kappa shape index (κ1) is 18.2. The Kier molecular flexibility index (Phi) is 5.06. The van der Waals surface area contributed by atoms with Crippen LogP contribution in [0.1, 0.15) is 0 Å². The van der Waals surface area contributed by atoms with Crippen molar-refractivity contribution < 1.29 is 18.7 Å². The minimum Gasteiger partial charge on any atom is -0.442 e. The molecule has 4 rings (SSSR count). The molecule has 146 valence electrons. The lowest BCUT2D eigenvalue weighted by Gasteiger charge is -2.27. The maximum Gasteiger partial charge on any atom is 0.414 e. The van der Waals surface area contributed by atoms with Crippen molar-refractivity contribution >= 4 is 46.7 Å². The van der Waals surface area contributed by atoms with E-state index in [-0.39, 0.29) is 6.10 Å². The Bertz CT molecular complexity index is 893. The lowest BCUT2D eigenvalue weighted by atomic mass is 10.2. The number of halogens is 1. The lowest BCUT2D eigenvalue weighted by molar-refractivity contribution is -0.118. The van der Waals surface area contributed by atoms with Crippen LogP contribution in [0.15, 0.2) is 34.9 Å². The molecule has 1 aromatic heterocycles. The minimum absolute atomic E-state index is 0.315. The van der Waals surface area contributed by atoms with E-state index in [1.807, 2.05) is 5.38 Å². The van der Waals surface area contributed by atoms with Crippen molar-refractivity contribution in [3.05, 3.63) is 35.6 Å².